The highest BCUT2D eigenvalue weighted by Crippen LogP contribution is 2.29. The molecule has 0 saturated heterocycles. The lowest BCUT2D eigenvalue weighted by atomic mass is 10.1. The maximum Gasteiger partial charge on any atom is 0.263 e. The maximum atomic E-state index is 13.1. The number of hydrogen-bond donors (Lipinski definition) is 1. The Kier molecular flexibility index (Phi) is 6.31. The number of fused-ring (bicyclic) bond motifs is 1. The fourth-order valence-electron chi connectivity index (χ4n) is 2.73. The number of rotatable bonds is 7. The largest absolute Gasteiger partial charge is 0.388 e. The number of methoxy groups -OCH3 is 1. The van der Waals surface area contributed by atoms with Crippen LogP contribution in [0, 0.1) is 19.7 Å². The van der Waals surface area contributed by atoms with Gasteiger partial charge >= 0.3 is 0 Å². The first-order valence-corrected chi connectivity index (χ1v) is 10.3. The van der Waals surface area contributed by atoms with E-state index in [1.54, 1.807) is 23.8 Å². The lowest BCUT2D eigenvalue weighted by molar-refractivity contribution is 0.183. The predicted molar refractivity (Wildman–Crippen MR) is 107 cm³/mol. The molecule has 3 aromatic rings. The predicted octanol–water partition coefficient (Wildman–Crippen LogP) is 3.69. The van der Waals surface area contributed by atoms with Crippen molar-refractivity contribution >= 4 is 33.3 Å². The minimum atomic E-state index is -0.786. The third-order valence-corrected chi connectivity index (χ3v) is 6.55. The highest BCUT2D eigenvalue weighted by Gasteiger charge is 2.18. The molecule has 0 saturated carbocycles. The number of aliphatic hydroxyl groups excluding tert-OH is 1. The van der Waals surface area contributed by atoms with Crippen LogP contribution in [-0.4, -0.2) is 34.1 Å². The summed E-state index contributed by atoms with van der Waals surface area (Å²) >= 11 is 2.81. The molecule has 144 valence electrons. The molecule has 3 rings (SSSR count). The van der Waals surface area contributed by atoms with Gasteiger partial charge in [0.1, 0.15) is 10.6 Å². The first-order chi connectivity index (χ1) is 12.9. The Morgan fingerprint density at radius 2 is 2.04 bits per heavy atom. The average Bonchev–Trinajstić information content (AvgIpc) is 2.93. The van der Waals surface area contributed by atoms with Gasteiger partial charge < -0.3 is 9.84 Å². The van der Waals surface area contributed by atoms with Crippen molar-refractivity contribution in [3.63, 3.8) is 0 Å². The number of thiophene rings is 1. The van der Waals surface area contributed by atoms with Crippen LogP contribution in [0.5, 0.6) is 0 Å². The van der Waals surface area contributed by atoms with Crippen molar-refractivity contribution in [2.75, 3.05) is 19.5 Å². The molecule has 5 nitrogen and oxygen atoms in total. The van der Waals surface area contributed by atoms with E-state index < -0.39 is 6.10 Å². The van der Waals surface area contributed by atoms with Gasteiger partial charge in [-0.25, -0.2) is 9.37 Å². The zero-order valence-electron chi connectivity index (χ0n) is 15.4. The van der Waals surface area contributed by atoms with Crippen LogP contribution in [0.3, 0.4) is 0 Å². The van der Waals surface area contributed by atoms with Crippen molar-refractivity contribution in [2.45, 2.75) is 31.7 Å². The second kappa shape index (κ2) is 8.52. The van der Waals surface area contributed by atoms with Crippen molar-refractivity contribution in [1.82, 2.24) is 9.55 Å². The van der Waals surface area contributed by atoms with E-state index in [2.05, 4.69) is 4.98 Å². The van der Waals surface area contributed by atoms with Crippen molar-refractivity contribution < 1.29 is 14.2 Å². The van der Waals surface area contributed by atoms with E-state index in [-0.39, 0.29) is 11.4 Å². The Balaban J connectivity index is 1.92. The SMILES string of the molecule is COCCn1c(SC[C@@H](O)c2ccc(F)cc2)nc2sc(C)c(C)c2c1=O. The van der Waals surface area contributed by atoms with E-state index in [1.165, 1.54) is 35.2 Å². The smallest absolute Gasteiger partial charge is 0.263 e. The standard InChI is InChI=1S/C19H21FN2O3S2/c1-11-12(2)27-17-16(11)18(24)22(8-9-25-3)19(21-17)26-10-15(23)13-4-6-14(20)7-5-13/h4-7,15,23H,8-10H2,1-3H3/t15-/m1/s1. The van der Waals surface area contributed by atoms with E-state index in [1.807, 2.05) is 13.8 Å². The van der Waals surface area contributed by atoms with Gasteiger partial charge in [0, 0.05) is 17.7 Å². The van der Waals surface area contributed by atoms with Gasteiger partial charge in [-0.3, -0.25) is 9.36 Å². The highest BCUT2D eigenvalue weighted by atomic mass is 32.2. The van der Waals surface area contributed by atoms with Crippen LogP contribution in [0.15, 0.2) is 34.2 Å². The third kappa shape index (κ3) is 4.24. The molecule has 0 unspecified atom stereocenters. The first-order valence-electron chi connectivity index (χ1n) is 8.48. The highest BCUT2D eigenvalue weighted by molar-refractivity contribution is 7.99. The summed E-state index contributed by atoms with van der Waals surface area (Å²) in [4.78, 5) is 19.4. The van der Waals surface area contributed by atoms with Gasteiger partial charge in [-0.05, 0) is 37.1 Å². The minimum Gasteiger partial charge on any atom is -0.388 e. The fraction of sp³-hybridized carbons (Fsp3) is 0.368. The lowest BCUT2D eigenvalue weighted by Crippen LogP contribution is -2.25. The van der Waals surface area contributed by atoms with E-state index in [0.29, 0.717) is 39.8 Å². The molecule has 0 bridgehead atoms. The molecule has 1 atom stereocenters. The first kappa shape index (κ1) is 20.0. The van der Waals surface area contributed by atoms with Crippen LogP contribution < -0.4 is 5.56 Å². The van der Waals surface area contributed by atoms with Gasteiger partial charge in [0.05, 0.1) is 24.6 Å². The summed E-state index contributed by atoms with van der Waals surface area (Å²) in [6.07, 6.45) is -0.786. The van der Waals surface area contributed by atoms with Crippen LogP contribution in [-0.2, 0) is 11.3 Å². The topological polar surface area (TPSA) is 64.3 Å². The van der Waals surface area contributed by atoms with E-state index in [0.717, 1.165) is 10.4 Å². The van der Waals surface area contributed by atoms with E-state index >= 15 is 0 Å². The van der Waals surface area contributed by atoms with Crippen molar-refractivity contribution in [3.8, 4) is 0 Å². The molecule has 2 heterocycles. The second-order valence-corrected chi connectivity index (χ2v) is 8.38. The summed E-state index contributed by atoms with van der Waals surface area (Å²) in [5.74, 6) is -0.0394. The maximum absolute atomic E-state index is 13.1. The molecule has 2 aromatic heterocycles. The molecule has 0 amide bonds. The summed E-state index contributed by atoms with van der Waals surface area (Å²) in [6.45, 7) is 4.69. The number of aliphatic hydroxyl groups is 1. The number of halogens is 1. The van der Waals surface area contributed by atoms with Crippen LogP contribution >= 0.6 is 23.1 Å². The van der Waals surface area contributed by atoms with Gasteiger partial charge in [0.2, 0.25) is 0 Å². The van der Waals surface area contributed by atoms with Crippen LogP contribution in [0.1, 0.15) is 22.1 Å². The molecule has 27 heavy (non-hydrogen) atoms. The van der Waals surface area contributed by atoms with Crippen LogP contribution in [0.2, 0.25) is 0 Å². The molecule has 0 aliphatic carbocycles. The number of aromatic nitrogens is 2. The van der Waals surface area contributed by atoms with Gasteiger partial charge in [-0.15, -0.1) is 11.3 Å². The van der Waals surface area contributed by atoms with Gasteiger partial charge in [0.15, 0.2) is 5.16 Å². The van der Waals surface area contributed by atoms with Crippen LogP contribution in [0.25, 0.3) is 10.2 Å². The zero-order valence-corrected chi connectivity index (χ0v) is 17.0. The van der Waals surface area contributed by atoms with Gasteiger partial charge in [0.25, 0.3) is 5.56 Å². The Labute approximate surface area is 164 Å². The Morgan fingerprint density at radius 1 is 1.33 bits per heavy atom. The van der Waals surface area contributed by atoms with Gasteiger partial charge in [-0.1, -0.05) is 23.9 Å². The monoisotopic (exact) mass is 408 g/mol. The van der Waals surface area contributed by atoms with Gasteiger partial charge in [-0.2, -0.15) is 0 Å². The number of aryl methyl sites for hydroxylation is 2. The van der Waals surface area contributed by atoms with Crippen molar-refractivity contribution in [1.29, 1.82) is 0 Å². The summed E-state index contributed by atoms with van der Waals surface area (Å²) in [7, 11) is 1.59. The molecule has 0 spiro atoms. The second-order valence-electron chi connectivity index (χ2n) is 6.19. The Bertz CT molecular complexity index is 999. The molecule has 0 aliphatic rings. The number of benzene rings is 1. The van der Waals surface area contributed by atoms with Crippen molar-refractivity contribution in [2.24, 2.45) is 0 Å². The van der Waals surface area contributed by atoms with Crippen molar-refractivity contribution in [3.05, 3.63) is 56.4 Å². The Morgan fingerprint density at radius 3 is 2.70 bits per heavy atom. The minimum absolute atomic E-state index is 0.0855. The number of hydrogen-bond acceptors (Lipinski definition) is 6. The number of nitrogens with zero attached hydrogens (tertiary/aromatic N) is 2. The summed E-state index contributed by atoms with van der Waals surface area (Å²) in [6, 6.07) is 5.75. The van der Waals surface area contributed by atoms with Crippen LogP contribution in [0.4, 0.5) is 4.39 Å². The summed E-state index contributed by atoms with van der Waals surface area (Å²) in [5.41, 5.74) is 1.50. The summed E-state index contributed by atoms with van der Waals surface area (Å²) < 4.78 is 19.8. The molecule has 0 radical (unpaired) electrons. The number of ether oxygens (including phenoxy) is 1. The normalized spacial score (nSPS) is 12.6. The fourth-order valence-corrected chi connectivity index (χ4v) is 4.80. The molecular weight excluding hydrogens is 387 g/mol. The molecule has 8 heteroatoms. The molecule has 1 aromatic carbocycles. The quantitative estimate of drug-likeness (QED) is 0.477. The van der Waals surface area contributed by atoms with E-state index in [4.69, 9.17) is 4.74 Å². The number of thioether (sulfide) groups is 1. The lowest BCUT2D eigenvalue weighted by Gasteiger charge is -2.14. The summed E-state index contributed by atoms with van der Waals surface area (Å²) in [5, 5.41) is 11.6. The molecular formula is C19H21FN2O3S2. The average molecular weight is 409 g/mol. The Hall–Kier alpha value is -1.74. The third-order valence-electron chi connectivity index (χ3n) is 4.40. The zero-order chi connectivity index (χ0) is 19.6. The van der Waals surface area contributed by atoms with E-state index in [9.17, 15) is 14.3 Å². The molecule has 0 aliphatic heterocycles. The molecule has 1 N–H and O–H groups in total. The molecule has 0 fully saturated rings.